The van der Waals surface area contributed by atoms with Crippen LogP contribution in [0.25, 0.3) is 6.08 Å². The Morgan fingerprint density at radius 1 is 1.13 bits per heavy atom. The smallest absolute Gasteiger partial charge is 0.248 e. The van der Waals surface area contributed by atoms with Crippen molar-refractivity contribution in [2.24, 2.45) is 0 Å². The molecule has 0 unspecified atom stereocenters. The summed E-state index contributed by atoms with van der Waals surface area (Å²) in [7, 11) is 0. The maximum Gasteiger partial charge on any atom is 0.248 e. The maximum absolute atomic E-state index is 13.0. The molecule has 8 N–H and O–H groups in total. The third-order valence-corrected chi connectivity index (χ3v) is 6.78. The highest BCUT2D eigenvalue weighted by molar-refractivity contribution is 5.98. The first-order valence-electron chi connectivity index (χ1n) is 11.9. The Morgan fingerprint density at radius 3 is 2.42 bits per heavy atom. The summed E-state index contributed by atoms with van der Waals surface area (Å²) in [4.78, 5) is 13.0. The van der Waals surface area contributed by atoms with Crippen molar-refractivity contribution in [1.82, 2.24) is 5.32 Å². The lowest BCUT2D eigenvalue weighted by molar-refractivity contribution is -0.155. The Hall–Kier alpha value is -2.77. The van der Waals surface area contributed by atoms with E-state index in [9.17, 15) is 40.5 Å². The molecule has 13 heteroatoms. The first-order valence-corrected chi connectivity index (χ1v) is 11.9. The third kappa shape index (κ3) is 5.50. The van der Waals surface area contributed by atoms with Gasteiger partial charge in [0.05, 0.1) is 12.1 Å². The largest absolute Gasteiger partial charge is 0.504 e. The zero-order valence-electron chi connectivity index (χ0n) is 20.3. The van der Waals surface area contributed by atoms with Crippen molar-refractivity contribution in [3.05, 3.63) is 29.3 Å². The first-order chi connectivity index (χ1) is 18.0. The lowest BCUT2D eigenvalue weighted by Crippen LogP contribution is -2.67. The molecule has 0 spiro atoms. The second-order valence-corrected chi connectivity index (χ2v) is 9.44. The van der Waals surface area contributed by atoms with Gasteiger partial charge >= 0.3 is 0 Å². The average molecular weight is 538 g/mol. The molecule has 0 aromatic heterocycles. The summed E-state index contributed by atoms with van der Waals surface area (Å²) in [6.07, 6.45) is -5.90. The van der Waals surface area contributed by atoms with Crippen molar-refractivity contribution >= 4 is 12.0 Å². The SMILES string of the molecule is C#CC/C(=C\c1ccc(O[C@@H]2O[C@H]([C@@H](C)O)[C@@H](O)[C@@H]2O)c(O)c1)C(=O)N[C@@H]1[C@H](O)[C@@H](O)[C@H]2OCO[C@H]2[C@@H]1O. The summed E-state index contributed by atoms with van der Waals surface area (Å²) < 4.78 is 21.3. The van der Waals surface area contributed by atoms with Gasteiger partial charge in [0.25, 0.3) is 0 Å². The van der Waals surface area contributed by atoms with Crippen molar-refractivity contribution in [3.8, 4) is 23.8 Å². The maximum atomic E-state index is 13.0. The summed E-state index contributed by atoms with van der Waals surface area (Å²) in [5.41, 5.74) is 0.389. The number of phenols is 1. The van der Waals surface area contributed by atoms with Crippen LogP contribution in [0.5, 0.6) is 11.5 Å². The molecule has 1 amide bonds. The molecule has 2 saturated heterocycles. The average Bonchev–Trinajstić information content (AvgIpc) is 3.48. The molecular formula is C25H31NO12. The third-order valence-electron chi connectivity index (χ3n) is 6.78. The first kappa shape index (κ1) is 28.2. The van der Waals surface area contributed by atoms with E-state index < -0.39 is 73.2 Å². The molecule has 38 heavy (non-hydrogen) atoms. The van der Waals surface area contributed by atoms with Crippen LogP contribution in [0, 0.1) is 12.3 Å². The molecule has 1 aliphatic carbocycles. The van der Waals surface area contributed by atoms with Gasteiger partial charge in [-0.2, -0.15) is 0 Å². The number of carbonyl (C=O) groups is 1. The number of terminal acetylenes is 1. The van der Waals surface area contributed by atoms with Crippen LogP contribution in [-0.2, 0) is 19.0 Å². The Morgan fingerprint density at radius 2 is 1.82 bits per heavy atom. The predicted molar refractivity (Wildman–Crippen MR) is 127 cm³/mol. The number of aliphatic hydroxyl groups is 6. The van der Waals surface area contributed by atoms with E-state index in [2.05, 4.69) is 11.2 Å². The Kier molecular flexibility index (Phi) is 8.58. The van der Waals surface area contributed by atoms with E-state index in [1.54, 1.807) is 0 Å². The van der Waals surface area contributed by atoms with Crippen LogP contribution in [0.2, 0.25) is 0 Å². The number of nitrogens with one attached hydrogen (secondary N) is 1. The molecule has 0 radical (unpaired) electrons. The van der Waals surface area contributed by atoms with Gasteiger partial charge in [0.1, 0.15) is 55.6 Å². The Bertz CT molecular complexity index is 1090. The number of hydrogen-bond acceptors (Lipinski definition) is 12. The van der Waals surface area contributed by atoms with E-state index in [-0.39, 0.29) is 30.3 Å². The summed E-state index contributed by atoms with van der Waals surface area (Å²) in [6, 6.07) is 2.80. The number of hydrogen-bond donors (Lipinski definition) is 8. The standard InChI is InChI=1S/C25H31NO12/c1-3-4-12(24(34)26-15-16(29)18(31)23-22(17(15)30)35-9-36-23)7-11-5-6-14(13(28)8-11)37-25-20(33)19(32)21(38-25)10(2)27/h1,5-8,10,15-23,25,27-33H,4,9H2,2H3,(H,26,34)/b12-7+/t10-,15-,16+,17-,18-,19+,20+,21-,22+,23-,25-/m1/s1. The van der Waals surface area contributed by atoms with Crippen molar-refractivity contribution in [2.45, 2.75) is 80.6 Å². The van der Waals surface area contributed by atoms with E-state index >= 15 is 0 Å². The van der Waals surface area contributed by atoms with Gasteiger partial charge < -0.3 is 60.0 Å². The number of rotatable bonds is 7. The predicted octanol–water partition coefficient (Wildman–Crippen LogP) is -2.67. The van der Waals surface area contributed by atoms with Gasteiger partial charge in [-0.15, -0.1) is 12.3 Å². The van der Waals surface area contributed by atoms with Crippen molar-refractivity contribution in [3.63, 3.8) is 0 Å². The van der Waals surface area contributed by atoms with Gasteiger partial charge in [-0.05, 0) is 30.7 Å². The Labute approximate surface area is 217 Å². The number of ether oxygens (including phenoxy) is 4. The quantitative estimate of drug-likeness (QED) is 0.132. The van der Waals surface area contributed by atoms with Gasteiger partial charge in [0.15, 0.2) is 11.5 Å². The lowest BCUT2D eigenvalue weighted by atomic mass is 9.83. The second kappa shape index (κ2) is 11.5. The molecule has 13 nitrogen and oxygen atoms in total. The van der Waals surface area contributed by atoms with Gasteiger partial charge in [0.2, 0.25) is 12.2 Å². The zero-order valence-corrected chi connectivity index (χ0v) is 20.3. The lowest BCUT2D eigenvalue weighted by Gasteiger charge is -2.41. The zero-order chi connectivity index (χ0) is 27.7. The molecular weight excluding hydrogens is 506 g/mol. The van der Waals surface area contributed by atoms with Crippen LogP contribution < -0.4 is 10.1 Å². The monoisotopic (exact) mass is 537 g/mol. The van der Waals surface area contributed by atoms with E-state index in [1.165, 1.54) is 31.2 Å². The van der Waals surface area contributed by atoms with Crippen molar-refractivity contribution < 1.29 is 59.5 Å². The minimum absolute atomic E-state index is 0.0533. The highest BCUT2D eigenvalue weighted by Crippen LogP contribution is 2.33. The highest BCUT2D eigenvalue weighted by atomic mass is 16.7. The molecule has 1 aromatic rings. The van der Waals surface area contributed by atoms with E-state index in [0.717, 1.165) is 0 Å². The van der Waals surface area contributed by atoms with E-state index in [4.69, 9.17) is 25.4 Å². The van der Waals surface area contributed by atoms with Crippen LogP contribution in [0.3, 0.4) is 0 Å². The molecule has 208 valence electrons. The second-order valence-electron chi connectivity index (χ2n) is 9.44. The fourth-order valence-electron chi connectivity index (χ4n) is 4.72. The minimum Gasteiger partial charge on any atom is -0.504 e. The molecule has 1 aromatic carbocycles. The summed E-state index contributed by atoms with van der Waals surface area (Å²) >= 11 is 0. The highest BCUT2D eigenvalue weighted by Gasteiger charge is 2.53. The van der Waals surface area contributed by atoms with Crippen molar-refractivity contribution in [2.75, 3.05) is 6.79 Å². The molecule has 1 saturated carbocycles. The fraction of sp³-hybridized carbons (Fsp3) is 0.560. The van der Waals surface area contributed by atoms with Crippen LogP contribution in [0.4, 0.5) is 0 Å². The number of aliphatic hydroxyl groups excluding tert-OH is 6. The van der Waals surface area contributed by atoms with Crippen molar-refractivity contribution in [1.29, 1.82) is 0 Å². The van der Waals surface area contributed by atoms with Gasteiger partial charge in [-0.3, -0.25) is 4.79 Å². The summed E-state index contributed by atoms with van der Waals surface area (Å²) in [5, 5.41) is 74.1. The number of amides is 1. The minimum atomic E-state index is -1.54. The van der Waals surface area contributed by atoms with Gasteiger partial charge in [-0.25, -0.2) is 0 Å². The number of phenolic OH excluding ortho intramolecular Hbond substituents is 1. The van der Waals surface area contributed by atoms with Gasteiger partial charge in [-0.1, -0.05) is 6.07 Å². The molecule has 2 aliphatic heterocycles. The molecule has 11 atom stereocenters. The van der Waals surface area contributed by atoms with E-state index in [1.807, 2.05) is 0 Å². The molecule has 3 aliphatic rings. The molecule has 4 rings (SSSR count). The molecule has 3 fully saturated rings. The van der Waals surface area contributed by atoms with Crippen LogP contribution in [0.1, 0.15) is 18.9 Å². The number of fused-ring (bicyclic) bond motifs is 1. The summed E-state index contributed by atoms with van der Waals surface area (Å²) in [6.45, 7) is 1.22. The molecule has 0 bridgehead atoms. The van der Waals surface area contributed by atoms with E-state index in [0.29, 0.717) is 5.56 Å². The normalized spacial score (nSPS) is 37.8. The van der Waals surface area contributed by atoms with Crippen LogP contribution in [0.15, 0.2) is 23.8 Å². The number of carbonyl (C=O) groups excluding carboxylic acids is 1. The van der Waals surface area contributed by atoms with Crippen LogP contribution >= 0.6 is 0 Å². The topological polar surface area (TPSA) is 208 Å². The number of aromatic hydroxyl groups is 1. The van der Waals surface area contributed by atoms with Gasteiger partial charge in [0, 0.05) is 12.0 Å². The number of benzene rings is 1. The Balaban J connectivity index is 1.47. The fourth-order valence-corrected chi connectivity index (χ4v) is 4.72. The molecule has 2 heterocycles. The van der Waals surface area contributed by atoms with Crippen LogP contribution in [-0.4, -0.2) is 116 Å². The summed E-state index contributed by atoms with van der Waals surface area (Å²) in [5.74, 6) is 1.15.